The molecule has 0 bridgehead atoms. The Morgan fingerprint density at radius 3 is 2.22 bits per heavy atom. The van der Waals surface area contributed by atoms with Crippen molar-refractivity contribution in [2.24, 2.45) is 0 Å². The van der Waals surface area contributed by atoms with Gasteiger partial charge in [-0.3, -0.25) is 9.59 Å². The fourth-order valence-corrected chi connectivity index (χ4v) is 3.32. The van der Waals surface area contributed by atoms with Crippen molar-refractivity contribution in [1.29, 1.82) is 0 Å². The van der Waals surface area contributed by atoms with E-state index in [1.165, 1.54) is 18.2 Å². The Balaban J connectivity index is 1.42. The van der Waals surface area contributed by atoms with Crippen LogP contribution in [-0.2, 0) is 11.4 Å². The van der Waals surface area contributed by atoms with Gasteiger partial charge < -0.3 is 9.57 Å². The summed E-state index contributed by atoms with van der Waals surface area (Å²) >= 11 is 1.11. The molecule has 0 radical (unpaired) electrons. The quantitative estimate of drug-likeness (QED) is 0.632. The summed E-state index contributed by atoms with van der Waals surface area (Å²) < 4.78 is 5.64. The molecule has 0 atom stereocenters. The smallest absolute Gasteiger partial charge is 0.373 e. The summed E-state index contributed by atoms with van der Waals surface area (Å²) in [6, 6.07) is 17.5. The first kappa shape index (κ1) is 17.0. The van der Waals surface area contributed by atoms with Gasteiger partial charge in [-0.25, -0.2) is 4.79 Å². The lowest BCUT2D eigenvalue weighted by Crippen LogP contribution is -2.32. The van der Waals surface area contributed by atoms with Crippen LogP contribution in [0.25, 0.3) is 0 Å². The molecule has 2 heterocycles. The lowest BCUT2D eigenvalue weighted by Gasteiger charge is -2.11. The fourth-order valence-electron chi connectivity index (χ4n) is 2.62. The second-order valence-corrected chi connectivity index (χ2v) is 6.66. The molecule has 134 valence electrons. The first-order valence-electron chi connectivity index (χ1n) is 8.09. The molecule has 0 fully saturated rings. The van der Waals surface area contributed by atoms with Crippen LogP contribution in [0.3, 0.4) is 0 Å². The molecular formula is C20H13NO5S. The molecule has 0 unspecified atom stereocenters. The summed E-state index contributed by atoms with van der Waals surface area (Å²) in [5.41, 5.74) is 1.43. The third kappa shape index (κ3) is 3.32. The van der Waals surface area contributed by atoms with E-state index in [1.807, 2.05) is 30.3 Å². The summed E-state index contributed by atoms with van der Waals surface area (Å²) in [4.78, 5) is 42.1. The lowest BCUT2D eigenvalue weighted by atomic mass is 10.1. The number of carbonyl (C=O) groups is 3. The van der Waals surface area contributed by atoms with Crippen LogP contribution < -0.4 is 4.74 Å². The number of imide groups is 1. The second-order valence-electron chi connectivity index (χ2n) is 5.75. The molecular weight excluding hydrogens is 366 g/mol. The summed E-state index contributed by atoms with van der Waals surface area (Å²) in [6.07, 6.45) is 0. The molecule has 1 aliphatic rings. The van der Waals surface area contributed by atoms with E-state index < -0.39 is 17.8 Å². The van der Waals surface area contributed by atoms with Crippen LogP contribution in [0.1, 0.15) is 36.0 Å². The summed E-state index contributed by atoms with van der Waals surface area (Å²) in [6.45, 7) is 0.366. The maximum atomic E-state index is 12.3. The Morgan fingerprint density at radius 1 is 0.926 bits per heavy atom. The molecule has 0 saturated heterocycles. The van der Waals surface area contributed by atoms with Gasteiger partial charge in [-0.15, -0.1) is 11.3 Å². The van der Waals surface area contributed by atoms with E-state index in [9.17, 15) is 14.4 Å². The molecule has 0 saturated carbocycles. The Labute approximate surface area is 158 Å². The number of carbonyl (C=O) groups excluding carboxylic acids is 3. The van der Waals surface area contributed by atoms with Crippen molar-refractivity contribution < 1.29 is 24.0 Å². The first-order chi connectivity index (χ1) is 13.1. The van der Waals surface area contributed by atoms with Crippen molar-refractivity contribution in [3.05, 3.63) is 87.6 Å². The van der Waals surface area contributed by atoms with Crippen LogP contribution in [0.2, 0.25) is 0 Å². The number of fused-ring (bicyclic) bond motifs is 1. The number of thiophene rings is 1. The minimum Gasteiger partial charge on any atom is -0.488 e. The molecule has 7 heteroatoms. The zero-order valence-electron chi connectivity index (χ0n) is 14.0. The number of rotatable bonds is 5. The van der Waals surface area contributed by atoms with Gasteiger partial charge in [0.25, 0.3) is 11.8 Å². The van der Waals surface area contributed by atoms with Gasteiger partial charge in [0.15, 0.2) is 0 Å². The van der Waals surface area contributed by atoms with E-state index in [2.05, 4.69) is 0 Å². The topological polar surface area (TPSA) is 72.9 Å². The van der Waals surface area contributed by atoms with E-state index >= 15 is 0 Å². The van der Waals surface area contributed by atoms with Crippen molar-refractivity contribution in [1.82, 2.24) is 5.06 Å². The molecule has 2 amide bonds. The fraction of sp³-hybridized carbons (Fsp3) is 0.0500. The number of amides is 2. The van der Waals surface area contributed by atoms with Crippen molar-refractivity contribution in [3.8, 4) is 5.75 Å². The summed E-state index contributed by atoms with van der Waals surface area (Å²) in [5.74, 6) is -1.58. The van der Waals surface area contributed by atoms with Gasteiger partial charge in [0.1, 0.15) is 17.2 Å². The molecule has 1 aliphatic heterocycles. The van der Waals surface area contributed by atoms with Gasteiger partial charge in [-0.2, -0.15) is 0 Å². The van der Waals surface area contributed by atoms with Crippen LogP contribution >= 0.6 is 11.3 Å². The predicted octanol–water partition coefficient (Wildman–Crippen LogP) is 3.70. The molecule has 3 aromatic rings. The summed E-state index contributed by atoms with van der Waals surface area (Å²) in [7, 11) is 0. The van der Waals surface area contributed by atoms with Gasteiger partial charge >= 0.3 is 5.97 Å². The Bertz CT molecular complexity index is 993. The maximum Gasteiger partial charge on any atom is 0.373 e. The predicted molar refractivity (Wildman–Crippen MR) is 97.5 cm³/mol. The zero-order valence-corrected chi connectivity index (χ0v) is 14.8. The minimum atomic E-state index is -0.788. The Morgan fingerprint density at radius 2 is 1.56 bits per heavy atom. The van der Waals surface area contributed by atoms with E-state index in [1.54, 1.807) is 17.5 Å². The van der Waals surface area contributed by atoms with Gasteiger partial charge in [-0.1, -0.05) is 47.5 Å². The molecule has 0 spiro atoms. The number of ether oxygens (including phenoxy) is 1. The molecule has 0 N–H and O–H groups in total. The zero-order chi connectivity index (χ0) is 18.8. The van der Waals surface area contributed by atoms with Gasteiger partial charge in [-0.05, 0) is 17.7 Å². The average Bonchev–Trinajstić information content (AvgIpc) is 3.27. The molecule has 4 rings (SSSR count). The summed E-state index contributed by atoms with van der Waals surface area (Å²) in [5, 5.41) is 2.17. The normalized spacial score (nSPS) is 12.8. The van der Waals surface area contributed by atoms with Crippen LogP contribution in [-0.4, -0.2) is 22.8 Å². The SMILES string of the molecule is O=C(ON1C(=O)c2ccccc2C1=O)c1cc(OCc2ccccc2)cs1. The van der Waals surface area contributed by atoms with Crippen LogP contribution in [0, 0.1) is 0 Å². The third-order valence-electron chi connectivity index (χ3n) is 3.96. The highest BCUT2D eigenvalue weighted by Gasteiger charge is 2.39. The molecule has 0 aliphatic carbocycles. The second kappa shape index (κ2) is 7.05. The highest BCUT2D eigenvalue weighted by Crippen LogP contribution is 2.26. The van der Waals surface area contributed by atoms with Crippen LogP contribution in [0.5, 0.6) is 5.75 Å². The van der Waals surface area contributed by atoms with Crippen molar-refractivity contribution in [3.63, 3.8) is 0 Å². The highest BCUT2D eigenvalue weighted by molar-refractivity contribution is 7.12. The third-order valence-corrected chi connectivity index (χ3v) is 4.84. The van der Waals surface area contributed by atoms with Gasteiger partial charge in [0, 0.05) is 11.4 Å². The van der Waals surface area contributed by atoms with E-state index in [-0.39, 0.29) is 16.0 Å². The number of nitrogens with zero attached hydrogens (tertiary/aromatic N) is 1. The molecule has 27 heavy (non-hydrogen) atoms. The van der Waals surface area contributed by atoms with Gasteiger partial charge in [0.2, 0.25) is 0 Å². The van der Waals surface area contributed by atoms with E-state index in [0.29, 0.717) is 17.4 Å². The average molecular weight is 379 g/mol. The number of benzene rings is 2. The number of hydrogen-bond acceptors (Lipinski definition) is 6. The number of hydroxylamine groups is 2. The van der Waals surface area contributed by atoms with Crippen LogP contribution in [0.4, 0.5) is 0 Å². The van der Waals surface area contributed by atoms with Crippen molar-refractivity contribution in [2.45, 2.75) is 6.61 Å². The molecule has 2 aromatic carbocycles. The largest absolute Gasteiger partial charge is 0.488 e. The minimum absolute atomic E-state index is 0.216. The van der Waals surface area contributed by atoms with Crippen LogP contribution in [0.15, 0.2) is 66.0 Å². The monoisotopic (exact) mass is 379 g/mol. The maximum absolute atomic E-state index is 12.3. The first-order valence-corrected chi connectivity index (χ1v) is 8.97. The van der Waals surface area contributed by atoms with E-state index in [4.69, 9.17) is 9.57 Å². The van der Waals surface area contributed by atoms with Gasteiger partial charge in [0.05, 0.1) is 11.1 Å². The van der Waals surface area contributed by atoms with Crippen molar-refractivity contribution >= 4 is 29.1 Å². The Hall–Kier alpha value is -3.45. The Kier molecular flexibility index (Phi) is 4.43. The number of hydrogen-bond donors (Lipinski definition) is 0. The van der Waals surface area contributed by atoms with Crippen molar-refractivity contribution in [2.75, 3.05) is 0 Å². The molecule has 6 nitrogen and oxygen atoms in total. The molecule has 1 aromatic heterocycles. The highest BCUT2D eigenvalue weighted by atomic mass is 32.1. The lowest BCUT2D eigenvalue weighted by molar-refractivity contribution is -0.0581. The van der Waals surface area contributed by atoms with E-state index in [0.717, 1.165) is 16.9 Å². The standard InChI is InChI=1S/C20H13NO5S/c22-18-15-8-4-5-9-16(15)19(23)21(18)26-20(24)17-10-14(12-27-17)25-11-13-6-2-1-3-7-13/h1-10,12H,11H2.